The molecule has 2 rings (SSSR count). The van der Waals surface area contributed by atoms with Gasteiger partial charge in [0.2, 0.25) is 0 Å². The third-order valence-corrected chi connectivity index (χ3v) is 3.86. The fourth-order valence-electron chi connectivity index (χ4n) is 2.06. The largest absolute Gasteiger partial charge is 0.368 e. The number of piperidine rings is 1. The zero-order valence-corrected chi connectivity index (χ0v) is 11.7. The molecular weight excluding hydrogens is 308 g/mol. The Morgan fingerprint density at radius 3 is 2.82 bits per heavy atom. The summed E-state index contributed by atoms with van der Waals surface area (Å²) in [5, 5.41) is 0.374. The molecule has 0 amide bonds. The van der Waals surface area contributed by atoms with Crippen molar-refractivity contribution in [2.45, 2.75) is 13.3 Å². The molecule has 0 aromatic heterocycles. The Balaban J connectivity index is 2.32. The third-order valence-electron chi connectivity index (χ3n) is 2.97. The quantitative estimate of drug-likeness (QED) is 0.787. The lowest BCUT2D eigenvalue weighted by atomic mass is 9.98. The summed E-state index contributed by atoms with van der Waals surface area (Å²) in [6, 6.07) is 2.69. The Kier molecular flexibility index (Phi) is 3.73. The van der Waals surface area contributed by atoms with Gasteiger partial charge in [-0.2, -0.15) is 0 Å². The number of ketones is 1. The molecule has 1 unspecified atom stereocenters. The first-order valence-corrected chi connectivity index (χ1v) is 6.58. The highest BCUT2D eigenvalue weighted by Gasteiger charge is 2.26. The van der Waals surface area contributed by atoms with Gasteiger partial charge in [0, 0.05) is 29.9 Å². The van der Waals surface area contributed by atoms with Crippen molar-refractivity contribution in [3.8, 4) is 0 Å². The van der Waals surface area contributed by atoms with E-state index in [0.717, 1.165) is 5.69 Å². The first kappa shape index (κ1) is 12.8. The van der Waals surface area contributed by atoms with Crippen molar-refractivity contribution in [2.75, 3.05) is 18.0 Å². The topological polar surface area (TPSA) is 20.3 Å². The van der Waals surface area contributed by atoms with Gasteiger partial charge in [0.15, 0.2) is 0 Å². The van der Waals surface area contributed by atoms with Crippen molar-refractivity contribution in [2.24, 2.45) is 5.92 Å². The van der Waals surface area contributed by atoms with Crippen LogP contribution >= 0.6 is 27.5 Å². The van der Waals surface area contributed by atoms with Gasteiger partial charge in [-0.05, 0) is 28.1 Å². The molecule has 1 aromatic carbocycles. The van der Waals surface area contributed by atoms with Crippen LogP contribution in [0.4, 0.5) is 10.1 Å². The number of carbonyl (C=O) groups is 1. The van der Waals surface area contributed by atoms with Crippen molar-refractivity contribution >= 4 is 39.0 Å². The maximum Gasteiger partial charge on any atom is 0.139 e. The van der Waals surface area contributed by atoms with Crippen molar-refractivity contribution in [1.29, 1.82) is 0 Å². The Morgan fingerprint density at radius 2 is 2.24 bits per heavy atom. The van der Waals surface area contributed by atoms with E-state index in [0.29, 0.717) is 29.0 Å². The predicted octanol–water partition coefficient (Wildman–Crippen LogP) is 3.66. The van der Waals surface area contributed by atoms with Crippen LogP contribution in [-0.4, -0.2) is 18.9 Å². The summed E-state index contributed by atoms with van der Waals surface area (Å²) in [7, 11) is 0. The smallest absolute Gasteiger partial charge is 0.139 e. The number of benzene rings is 1. The van der Waals surface area contributed by atoms with E-state index >= 15 is 0 Å². The Labute approximate surface area is 113 Å². The second-order valence-electron chi connectivity index (χ2n) is 4.28. The van der Waals surface area contributed by atoms with E-state index in [4.69, 9.17) is 11.6 Å². The minimum Gasteiger partial charge on any atom is -0.368 e. The first-order chi connectivity index (χ1) is 7.99. The lowest BCUT2D eigenvalue weighted by molar-refractivity contribution is -0.122. The standard InChI is InChI=1S/C12H12BrClFNO/c1-7-6-16(3-2-11(7)17)12-9(13)4-8(15)5-10(12)14/h4-5,7H,2-3,6H2,1H3. The first-order valence-electron chi connectivity index (χ1n) is 5.41. The summed E-state index contributed by atoms with van der Waals surface area (Å²) in [6.45, 7) is 3.16. The van der Waals surface area contributed by atoms with Crippen LogP contribution in [0.25, 0.3) is 0 Å². The summed E-state index contributed by atoms with van der Waals surface area (Å²) in [5.41, 5.74) is 0.771. The number of hydrogen-bond donors (Lipinski definition) is 0. The number of Topliss-reactive ketones (excluding diaryl/α,β-unsaturated/α-hetero) is 1. The Bertz CT molecular complexity index is 443. The second kappa shape index (κ2) is 4.94. The summed E-state index contributed by atoms with van der Waals surface area (Å²) in [5.74, 6) is -0.0980. The SMILES string of the molecule is CC1CN(c2c(Cl)cc(F)cc2Br)CCC1=O. The molecule has 92 valence electrons. The molecule has 1 atom stereocenters. The number of rotatable bonds is 1. The summed E-state index contributed by atoms with van der Waals surface area (Å²) >= 11 is 9.37. The number of halogens is 3. The Hall–Kier alpha value is -0.610. The molecule has 1 fully saturated rings. The van der Waals surface area contributed by atoms with Gasteiger partial charge in [-0.3, -0.25) is 4.79 Å². The van der Waals surface area contributed by atoms with Gasteiger partial charge >= 0.3 is 0 Å². The third kappa shape index (κ3) is 2.63. The molecule has 5 heteroatoms. The van der Waals surface area contributed by atoms with E-state index in [-0.39, 0.29) is 17.5 Å². The fraction of sp³-hybridized carbons (Fsp3) is 0.417. The molecule has 0 spiro atoms. The molecule has 0 radical (unpaired) electrons. The fourth-order valence-corrected chi connectivity index (χ4v) is 3.18. The molecule has 0 aliphatic carbocycles. The van der Waals surface area contributed by atoms with Crippen LogP contribution in [0.1, 0.15) is 13.3 Å². The molecule has 1 aliphatic heterocycles. The van der Waals surface area contributed by atoms with Gasteiger partial charge in [0.25, 0.3) is 0 Å². The maximum atomic E-state index is 13.1. The highest BCUT2D eigenvalue weighted by molar-refractivity contribution is 9.10. The Morgan fingerprint density at radius 1 is 1.53 bits per heavy atom. The lowest BCUT2D eigenvalue weighted by Gasteiger charge is -2.33. The van der Waals surface area contributed by atoms with E-state index in [1.165, 1.54) is 12.1 Å². The van der Waals surface area contributed by atoms with Crippen LogP contribution in [0.2, 0.25) is 5.02 Å². The lowest BCUT2D eigenvalue weighted by Crippen LogP contribution is -2.39. The van der Waals surface area contributed by atoms with Crippen LogP contribution < -0.4 is 4.90 Å². The van der Waals surface area contributed by atoms with Gasteiger partial charge in [-0.1, -0.05) is 18.5 Å². The molecule has 17 heavy (non-hydrogen) atoms. The van der Waals surface area contributed by atoms with Gasteiger partial charge in [0.1, 0.15) is 11.6 Å². The molecule has 0 saturated carbocycles. The molecule has 0 bridgehead atoms. The zero-order chi connectivity index (χ0) is 12.6. The molecule has 1 saturated heterocycles. The van der Waals surface area contributed by atoms with Crippen LogP contribution in [0.5, 0.6) is 0 Å². The van der Waals surface area contributed by atoms with Crippen molar-refractivity contribution in [3.05, 3.63) is 27.4 Å². The summed E-state index contributed by atoms with van der Waals surface area (Å²) < 4.78 is 13.8. The number of anilines is 1. The van der Waals surface area contributed by atoms with Gasteiger partial charge in [-0.25, -0.2) is 4.39 Å². The van der Waals surface area contributed by atoms with Crippen LogP contribution in [0.15, 0.2) is 16.6 Å². The van der Waals surface area contributed by atoms with Crippen molar-refractivity contribution in [3.63, 3.8) is 0 Å². The summed E-state index contributed by atoms with van der Waals surface area (Å²) in [4.78, 5) is 13.5. The summed E-state index contributed by atoms with van der Waals surface area (Å²) in [6.07, 6.45) is 0.515. The minimum atomic E-state index is -0.369. The number of nitrogens with zero attached hydrogens (tertiary/aromatic N) is 1. The predicted molar refractivity (Wildman–Crippen MR) is 70.1 cm³/mol. The van der Waals surface area contributed by atoms with Gasteiger partial charge in [-0.15, -0.1) is 0 Å². The van der Waals surface area contributed by atoms with E-state index in [2.05, 4.69) is 15.9 Å². The molecule has 1 heterocycles. The highest BCUT2D eigenvalue weighted by atomic mass is 79.9. The van der Waals surface area contributed by atoms with Crippen LogP contribution in [-0.2, 0) is 4.79 Å². The molecule has 1 aromatic rings. The number of carbonyl (C=O) groups excluding carboxylic acids is 1. The highest BCUT2D eigenvalue weighted by Crippen LogP contribution is 2.36. The average molecular weight is 321 g/mol. The van der Waals surface area contributed by atoms with Gasteiger partial charge < -0.3 is 4.90 Å². The van der Waals surface area contributed by atoms with Gasteiger partial charge in [0.05, 0.1) is 10.7 Å². The van der Waals surface area contributed by atoms with E-state index < -0.39 is 0 Å². The zero-order valence-electron chi connectivity index (χ0n) is 9.34. The maximum absolute atomic E-state index is 13.1. The molecular formula is C12H12BrClFNO. The van der Waals surface area contributed by atoms with Crippen LogP contribution in [0, 0.1) is 11.7 Å². The number of hydrogen-bond acceptors (Lipinski definition) is 2. The van der Waals surface area contributed by atoms with E-state index in [9.17, 15) is 9.18 Å². The molecule has 2 nitrogen and oxygen atoms in total. The molecule has 1 aliphatic rings. The molecule has 0 N–H and O–H groups in total. The second-order valence-corrected chi connectivity index (χ2v) is 5.54. The van der Waals surface area contributed by atoms with E-state index in [1.807, 2.05) is 11.8 Å². The van der Waals surface area contributed by atoms with Crippen LogP contribution in [0.3, 0.4) is 0 Å². The average Bonchev–Trinajstić information content (AvgIpc) is 2.21. The normalized spacial score (nSPS) is 20.8. The van der Waals surface area contributed by atoms with Crippen molar-refractivity contribution in [1.82, 2.24) is 0 Å². The minimum absolute atomic E-state index is 0.00299. The van der Waals surface area contributed by atoms with E-state index in [1.54, 1.807) is 0 Å². The monoisotopic (exact) mass is 319 g/mol. The van der Waals surface area contributed by atoms with Crippen molar-refractivity contribution < 1.29 is 9.18 Å².